The molecule has 25 nitrogen and oxygen atoms in total. The molecule has 0 aromatic heterocycles. The van der Waals surface area contributed by atoms with E-state index < -0.39 is 76.3 Å². The summed E-state index contributed by atoms with van der Waals surface area (Å²) in [5, 5.41) is 97.1. The van der Waals surface area contributed by atoms with Crippen molar-refractivity contribution in [2.45, 2.75) is 23.6 Å². The normalized spacial score (nSPS) is 12.2. The number of azo groups is 4. The van der Waals surface area contributed by atoms with E-state index >= 15 is 0 Å². The number of aryl methyl sites for hydroxylation is 2. The molecule has 0 atom stereocenters. The van der Waals surface area contributed by atoms with Crippen LogP contribution in [0.1, 0.15) is 31.8 Å². The van der Waals surface area contributed by atoms with Gasteiger partial charge in [-0.2, -0.15) is 37.3 Å². The van der Waals surface area contributed by atoms with E-state index in [4.69, 9.17) is 9.47 Å². The third-order valence-corrected chi connectivity index (χ3v) is 13.2. The summed E-state index contributed by atoms with van der Waals surface area (Å²) in [4.78, 5) is 21.2. The number of phenolic OH excluding ortho intramolecular Hbond substituents is 2. The molecule has 0 bridgehead atoms. The van der Waals surface area contributed by atoms with Crippen LogP contribution in [0.25, 0.3) is 21.5 Å². The largest absolute Gasteiger partial charge is 0.507 e. The molecule has 27 heteroatoms. The Kier molecular flexibility index (Phi) is 14.6. The molecule has 0 unspecified atom stereocenters. The Hall–Kier alpha value is -9.96. The first-order valence-electron chi connectivity index (χ1n) is 21.9. The second-order valence-electron chi connectivity index (χ2n) is 16.5. The highest BCUT2D eigenvalue weighted by Gasteiger charge is 2.25. The van der Waals surface area contributed by atoms with Gasteiger partial charge in [0.15, 0.2) is 11.5 Å². The Bertz CT molecular complexity index is 3890. The number of ether oxygens (including phenoxy) is 2. The molecule has 0 spiro atoms. The van der Waals surface area contributed by atoms with Crippen molar-refractivity contribution in [1.82, 2.24) is 0 Å². The maximum Gasteiger partial charge on any atom is 0.339 e. The number of nitrogens with one attached hydrogen (secondary N) is 1. The average molecular weight is 1090 g/mol. The van der Waals surface area contributed by atoms with E-state index in [0.717, 1.165) is 36.4 Å². The lowest BCUT2D eigenvalue weighted by Gasteiger charge is -2.13. The van der Waals surface area contributed by atoms with Gasteiger partial charge in [0.2, 0.25) is 0 Å². The Labute approximate surface area is 434 Å². The molecule has 0 fully saturated rings. The molecule has 0 saturated heterocycles. The zero-order chi connectivity index (χ0) is 55.7. The lowest BCUT2D eigenvalue weighted by atomic mass is 10.1. The molecule has 8 aromatic rings. The first-order chi connectivity index (χ1) is 36.4. The highest BCUT2D eigenvalue weighted by molar-refractivity contribution is 7.86. The standard InChI is InChI=1S/C50H39N9O16S2/c1-23-13-37(41(74-3)21-35(23)54-52-29-7-11-39(60)33(19-29)49(64)65)56-58-45-43(76(68,69)70)17-25-15-27(5-9-31(25)47(45)62)51-28-6-10-32-26(16-28)18-44(77(71,72)73)46(48(32)63)59-57-38-14-24(2)36(22-42(38)75-4)55-53-30-8-12-40(61)34(20-30)50(66)67/h5-22,51,60-63H,1-4H3,(H,64,65)(H,66,67)(H,68,69,70)(H,71,72,73). The van der Waals surface area contributed by atoms with Crippen molar-refractivity contribution in [1.29, 1.82) is 0 Å². The van der Waals surface area contributed by atoms with E-state index in [2.05, 4.69) is 46.2 Å². The predicted octanol–water partition coefficient (Wildman–Crippen LogP) is 12.7. The number of carboxylic acid groups (broad SMARTS) is 2. The van der Waals surface area contributed by atoms with Crippen molar-refractivity contribution in [3.63, 3.8) is 0 Å². The van der Waals surface area contributed by atoms with Crippen molar-refractivity contribution in [2.24, 2.45) is 40.9 Å². The number of methoxy groups -OCH3 is 2. The van der Waals surface area contributed by atoms with Crippen molar-refractivity contribution < 1.29 is 75.6 Å². The van der Waals surface area contributed by atoms with Gasteiger partial charge in [-0.1, -0.05) is 0 Å². The predicted molar refractivity (Wildman–Crippen MR) is 276 cm³/mol. The molecule has 9 N–H and O–H groups in total. The number of benzene rings is 8. The van der Waals surface area contributed by atoms with E-state index in [-0.39, 0.29) is 78.3 Å². The summed E-state index contributed by atoms with van der Waals surface area (Å²) in [5.74, 6) is -4.85. The van der Waals surface area contributed by atoms with Crippen LogP contribution in [0.4, 0.5) is 56.9 Å². The zero-order valence-electron chi connectivity index (χ0n) is 40.1. The van der Waals surface area contributed by atoms with Gasteiger partial charge < -0.3 is 45.4 Å². The van der Waals surface area contributed by atoms with Crippen LogP contribution >= 0.6 is 0 Å². The lowest BCUT2D eigenvalue weighted by Crippen LogP contribution is -2.00. The number of nitrogens with zero attached hydrogens (tertiary/aromatic N) is 8. The molecule has 0 aliphatic rings. The molecule has 0 saturated carbocycles. The number of rotatable bonds is 16. The smallest absolute Gasteiger partial charge is 0.339 e. The number of carboxylic acids is 2. The minimum Gasteiger partial charge on any atom is -0.507 e. The summed E-state index contributed by atoms with van der Waals surface area (Å²) in [6.45, 7) is 3.26. The number of aromatic hydroxyl groups is 4. The summed E-state index contributed by atoms with van der Waals surface area (Å²) in [6, 6.07) is 23.8. The topological polar surface area (TPSA) is 394 Å². The summed E-state index contributed by atoms with van der Waals surface area (Å²) in [5.41, 5.74) is 0.362. The Morgan fingerprint density at radius 3 is 1.19 bits per heavy atom. The highest BCUT2D eigenvalue weighted by atomic mass is 32.2. The van der Waals surface area contributed by atoms with Crippen LogP contribution in [-0.2, 0) is 20.2 Å². The third kappa shape index (κ3) is 11.4. The number of hydrogen-bond donors (Lipinski definition) is 9. The number of hydrogen-bond acceptors (Lipinski definition) is 21. The first kappa shape index (κ1) is 53.3. The molecule has 0 heterocycles. The van der Waals surface area contributed by atoms with Crippen molar-refractivity contribution in [3.05, 3.63) is 131 Å². The van der Waals surface area contributed by atoms with Crippen LogP contribution in [0, 0.1) is 13.8 Å². The van der Waals surface area contributed by atoms with E-state index in [1.807, 2.05) is 0 Å². The number of carbonyl (C=O) groups is 2. The zero-order valence-corrected chi connectivity index (χ0v) is 41.8. The van der Waals surface area contributed by atoms with Gasteiger partial charge in [0.1, 0.15) is 66.7 Å². The van der Waals surface area contributed by atoms with Gasteiger partial charge >= 0.3 is 11.9 Å². The van der Waals surface area contributed by atoms with Crippen LogP contribution in [0.3, 0.4) is 0 Å². The van der Waals surface area contributed by atoms with Gasteiger partial charge in [0, 0.05) is 34.3 Å². The maximum absolute atomic E-state index is 12.8. The van der Waals surface area contributed by atoms with Crippen LogP contribution in [0.5, 0.6) is 34.5 Å². The number of phenols is 4. The summed E-state index contributed by atoms with van der Waals surface area (Å²) >= 11 is 0. The van der Waals surface area contributed by atoms with Gasteiger partial charge in [0.25, 0.3) is 20.2 Å². The van der Waals surface area contributed by atoms with Crippen LogP contribution in [-0.4, -0.2) is 82.7 Å². The maximum atomic E-state index is 12.8. The molecule has 0 amide bonds. The van der Waals surface area contributed by atoms with E-state index in [0.29, 0.717) is 22.5 Å². The molecule has 8 rings (SSSR count). The van der Waals surface area contributed by atoms with Crippen LogP contribution in [0.15, 0.2) is 160 Å². The fourth-order valence-electron chi connectivity index (χ4n) is 7.58. The van der Waals surface area contributed by atoms with Crippen LogP contribution < -0.4 is 14.8 Å². The second kappa shape index (κ2) is 21.1. The molecule has 0 radical (unpaired) electrons. The fourth-order valence-corrected chi connectivity index (χ4v) is 8.90. The Morgan fingerprint density at radius 2 is 0.844 bits per heavy atom. The number of anilines is 2. The van der Waals surface area contributed by atoms with E-state index in [1.165, 1.54) is 87.0 Å². The number of aromatic carboxylic acids is 2. The molecule has 0 aliphatic carbocycles. The summed E-state index contributed by atoms with van der Waals surface area (Å²) in [7, 11) is -7.54. The highest BCUT2D eigenvalue weighted by Crippen LogP contribution is 2.46. The minimum absolute atomic E-state index is 0.0454. The van der Waals surface area contributed by atoms with Crippen molar-refractivity contribution in [3.8, 4) is 34.5 Å². The molecule has 0 aliphatic heterocycles. The molecule has 392 valence electrons. The monoisotopic (exact) mass is 1090 g/mol. The second-order valence-corrected chi connectivity index (χ2v) is 19.3. The lowest BCUT2D eigenvalue weighted by molar-refractivity contribution is 0.0682. The summed E-state index contributed by atoms with van der Waals surface area (Å²) in [6.07, 6.45) is 0. The molecule has 77 heavy (non-hydrogen) atoms. The van der Waals surface area contributed by atoms with E-state index in [1.54, 1.807) is 13.8 Å². The van der Waals surface area contributed by atoms with Crippen LogP contribution in [0.2, 0.25) is 0 Å². The van der Waals surface area contributed by atoms with E-state index in [9.17, 15) is 66.2 Å². The molecule has 8 aromatic carbocycles. The van der Waals surface area contributed by atoms with Crippen molar-refractivity contribution in [2.75, 3.05) is 19.5 Å². The van der Waals surface area contributed by atoms with Gasteiger partial charge in [-0.05, 0) is 133 Å². The van der Waals surface area contributed by atoms with Gasteiger partial charge in [-0.3, -0.25) is 9.11 Å². The van der Waals surface area contributed by atoms with Crippen molar-refractivity contribution >= 4 is 111 Å². The molecular weight excluding hydrogens is 1050 g/mol. The van der Waals surface area contributed by atoms with Gasteiger partial charge in [-0.15, -0.1) is 20.5 Å². The molecular formula is C50H39N9O16S2. The summed E-state index contributed by atoms with van der Waals surface area (Å²) < 4.78 is 82.6. The first-order valence-corrected chi connectivity index (χ1v) is 24.8. The van der Waals surface area contributed by atoms with Gasteiger partial charge in [0.05, 0.1) is 37.0 Å². The third-order valence-electron chi connectivity index (χ3n) is 11.4. The fraction of sp³-hybridized carbons (Fsp3) is 0.0800. The average Bonchev–Trinajstić information content (AvgIpc) is 3.39. The minimum atomic E-state index is -5.08. The number of fused-ring (bicyclic) bond motifs is 2. The quantitative estimate of drug-likeness (QED) is 0.0320. The Balaban J connectivity index is 1.07. The van der Waals surface area contributed by atoms with Gasteiger partial charge in [-0.25, -0.2) is 9.59 Å². The SMILES string of the molecule is COc1cc(N=Nc2ccc(O)c(C(=O)O)c2)c(C)cc1N=Nc1c(S(=O)(=O)O)cc2cc(Nc3ccc4c(O)c(N=Nc5cc(C)c(N=Nc6ccc(O)c(C(=O)O)c6)cc5OC)c(S(=O)(=O)O)cc4c3)ccc2c1O. The Morgan fingerprint density at radius 1 is 0.468 bits per heavy atom.